The highest BCUT2D eigenvalue weighted by Gasteiger charge is 2.21. The van der Waals surface area contributed by atoms with Crippen LogP contribution in [0, 0.1) is 0 Å². The van der Waals surface area contributed by atoms with Gasteiger partial charge in [0.05, 0.1) is 13.2 Å². The Morgan fingerprint density at radius 1 is 1.29 bits per heavy atom. The number of aliphatic hydroxyl groups is 1. The molecule has 78 valence electrons. The van der Waals surface area contributed by atoms with E-state index in [9.17, 15) is 5.11 Å². The second-order valence-corrected chi connectivity index (χ2v) is 4.13. The summed E-state index contributed by atoms with van der Waals surface area (Å²) in [7, 11) is 1.68. The van der Waals surface area contributed by atoms with Gasteiger partial charge in [-0.3, -0.25) is 0 Å². The van der Waals surface area contributed by atoms with Gasteiger partial charge in [0.25, 0.3) is 0 Å². The molecule has 1 N–H and O–H groups in total. The summed E-state index contributed by atoms with van der Waals surface area (Å²) >= 11 is 0. The molecule has 0 saturated heterocycles. The van der Waals surface area contributed by atoms with Crippen LogP contribution in [0.2, 0.25) is 0 Å². The Hall–Kier alpha value is -0.860. The highest BCUT2D eigenvalue weighted by Crippen LogP contribution is 2.26. The fourth-order valence-corrected chi connectivity index (χ4v) is 1.55. The molecule has 2 nitrogen and oxygen atoms in total. The standard InChI is InChI=1S/C12H18O2/c1-12(2,9-13)11-7-5-4-6-10(11)8-14-3/h4-7,13H,8-9H2,1-3H3. The summed E-state index contributed by atoms with van der Waals surface area (Å²) in [4.78, 5) is 0. The molecule has 0 aliphatic rings. The first-order chi connectivity index (χ1) is 6.61. The van der Waals surface area contributed by atoms with E-state index in [1.165, 1.54) is 0 Å². The smallest absolute Gasteiger partial charge is 0.0715 e. The zero-order valence-corrected chi connectivity index (χ0v) is 9.08. The molecule has 0 aliphatic carbocycles. The molecule has 0 amide bonds. The van der Waals surface area contributed by atoms with Crippen molar-refractivity contribution in [1.82, 2.24) is 0 Å². The van der Waals surface area contributed by atoms with Crippen molar-refractivity contribution in [1.29, 1.82) is 0 Å². The van der Waals surface area contributed by atoms with Crippen molar-refractivity contribution in [2.45, 2.75) is 25.9 Å². The van der Waals surface area contributed by atoms with Gasteiger partial charge in [-0.25, -0.2) is 0 Å². The summed E-state index contributed by atoms with van der Waals surface area (Å²) in [6.07, 6.45) is 0. The average Bonchev–Trinajstić information content (AvgIpc) is 2.19. The molecule has 1 aromatic rings. The van der Waals surface area contributed by atoms with Crippen LogP contribution >= 0.6 is 0 Å². The van der Waals surface area contributed by atoms with E-state index in [-0.39, 0.29) is 12.0 Å². The SMILES string of the molecule is COCc1ccccc1C(C)(C)CO. The summed E-state index contributed by atoms with van der Waals surface area (Å²) in [6.45, 7) is 4.80. The van der Waals surface area contributed by atoms with Crippen molar-refractivity contribution < 1.29 is 9.84 Å². The average molecular weight is 194 g/mol. The van der Waals surface area contributed by atoms with Gasteiger partial charge in [0.1, 0.15) is 0 Å². The number of hydrogen-bond acceptors (Lipinski definition) is 2. The van der Waals surface area contributed by atoms with Crippen LogP contribution in [0.25, 0.3) is 0 Å². The largest absolute Gasteiger partial charge is 0.395 e. The molecule has 0 fully saturated rings. The van der Waals surface area contributed by atoms with Crippen molar-refractivity contribution in [3.05, 3.63) is 35.4 Å². The molecular formula is C12H18O2. The lowest BCUT2D eigenvalue weighted by Crippen LogP contribution is -2.23. The number of rotatable bonds is 4. The van der Waals surface area contributed by atoms with E-state index in [1.54, 1.807) is 7.11 Å². The molecule has 1 rings (SSSR count). The lowest BCUT2D eigenvalue weighted by molar-refractivity contribution is 0.178. The van der Waals surface area contributed by atoms with Crippen molar-refractivity contribution in [3.8, 4) is 0 Å². The minimum atomic E-state index is -0.199. The Balaban J connectivity index is 3.06. The Labute approximate surface area is 85.5 Å². The minimum absolute atomic E-state index is 0.147. The molecule has 0 radical (unpaired) electrons. The zero-order valence-electron chi connectivity index (χ0n) is 9.08. The van der Waals surface area contributed by atoms with Gasteiger partial charge in [-0.1, -0.05) is 38.1 Å². The summed E-state index contributed by atoms with van der Waals surface area (Å²) in [5.74, 6) is 0. The van der Waals surface area contributed by atoms with Gasteiger partial charge < -0.3 is 9.84 Å². The van der Waals surface area contributed by atoms with E-state index < -0.39 is 0 Å². The van der Waals surface area contributed by atoms with E-state index in [0.29, 0.717) is 6.61 Å². The summed E-state index contributed by atoms with van der Waals surface area (Å²) in [5, 5.41) is 9.30. The van der Waals surface area contributed by atoms with Gasteiger partial charge in [-0.05, 0) is 11.1 Å². The van der Waals surface area contributed by atoms with Crippen molar-refractivity contribution >= 4 is 0 Å². The number of benzene rings is 1. The Kier molecular flexibility index (Phi) is 3.67. The maximum Gasteiger partial charge on any atom is 0.0715 e. The molecular weight excluding hydrogens is 176 g/mol. The van der Waals surface area contributed by atoms with E-state index in [0.717, 1.165) is 11.1 Å². The van der Waals surface area contributed by atoms with Crippen LogP contribution in [0.3, 0.4) is 0 Å². The second-order valence-electron chi connectivity index (χ2n) is 4.13. The van der Waals surface area contributed by atoms with Gasteiger partial charge in [0.2, 0.25) is 0 Å². The van der Waals surface area contributed by atoms with Gasteiger partial charge in [0.15, 0.2) is 0 Å². The second kappa shape index (κ2) is 4.58. The Morgan fingerprint density at radius 2 is 1.93 bits per heavy atom. The fourth-order valence-electron chi connectivity index (χ4n) is 1.55. The van der Waals surface area contributed by atoms with Crippen molar-refractivity contribution in [2.24, 2.45) is 0 Å². The molecule has 0 heterocycles. The summed E-state index contributed by atoms with van der Waals surface area (Å²) < 4.78 is 5.13. The van der Waals surface area contributed by atoms with Crippen LogP contribution < -0.4 is 0 Å². The zero-order chi connectivity index (χ0) is 10.6. The molecule has 0 aromatic heterocycles. The van der Waals surface area contributed by atoms with Crippen molar-refractivity contribution in [2.75, 3.05) is 13.7 Å². The van der Waals surface area contributed by atoms with Crippen molar-refractivity contribution in [3.63, 3.8) is 0 Å². The molecule has 0 saturated carbocycles. The monoisotopic (exact) mass is 194 g/mol. The van der Waals surface area contributed by atoms with Gasteiger partial charge >= 0.3 is 0 Å². The van der Waals surface area contributed by atoms with Crippen LogP contribution in [0.15, 0.2) is 24.3 Å². The predicted molar refractivity (Wildman–Crippen MR) is 57.3 cm³/mol. The first-order valence-electron chi connectivity index (χ1n) is 4.80. The number of hydrogen-bond donors (Lipinski definition) is 1. The predicted octanol–water partition coefficient (Wildman–Crippen LogP) is 2.10. The maximum atomic E-state index is 9.30. The first-order valence-corrected chi connectivity index (χ1v) is 4.80. The Morgan fingerprint density at radius 3 is 2.50 bits per heavy atom. The topological polar surface area (TPSA) is 29.5 Å². The van der Waals surface area contributed by atoms with E-state index >= 15 is 0 Å². The van der Waals surface area contributed by atoms with Crippen LogP contribution in [-0.4, -0.2) is 18.8 Å². The van der Waals surface area contributed by atoms with E-state index in [4.69, 9.17) is 4.74 Å². The van der Waals surface area contributed by atoms with E-state index in [1.807, 2.05) is 38.1 Å². The minimum Gasteiger partial charge on any atom is -0.395 e. The van der Waals surface area contributed by atoms with Crippen LogP contribution in [-0.2, 0) is 16.8 Å². The summed E-state index contributed by atoms with van der Waals surface area (Å²) in [6, 6.07) is 8.07. The van der Waals surface area contributed by atoms with Gasteiger partial charge in [-0.2, -0.15) is 0 Å². The van der Waals surface area contributed by atoms with E-state index in [2.05, 4.69) is 0 Å². The molecule has 0 bridgehead atoms. The third-order valence-corrected chi connectivity index (χ3v) is 2.44. The highest BCUT2D eigenvalue weighted by atomic mass is 16.5. The van der Waals surface area contributed by atoms with Crippen LogP contribution in [0.4, 0.5) is 0 Å². The third kappa shape index (κ3) is 2.34. The first kappa shape index (κ1) is 11.2. The number of aliphatic hydroxyl groups excluding tert-OH is 1. The maximum absolute atomic E-state index is 9.30. The quantitative estimate of drug-likeness (QED) is 0.795. The van der Waals surface area contributed by atoms with Gasteiger partial charge in [-0.15, -0.1) is 0 Å². The Bertz CT molecular complexity index is 292. The lowest BCUT2D eigenvalue weighted by atomic mass is 9.83. The third-order valence-electron chi connectivity index (χ3n) is 2.44. The highest BCUT2D eigenvalue weighted by molar-refractivity contribution is 5.32. The number of ether oxygens (including phenoxy) is 1. The number of methoxy groups -OCH3 is 1. The van der Waals surface area contributed by atoms with Crippen LogP contribution in [0.1, 0.15) is 25.0 Å². The molecule has 0 unspecified atom stereocenters. The van der Waals surface area contributed by atoms with Crippen LogP contribution in [0.5, 0.6) is 0 Å². The van der Waals surface area contributed by atoms with Gasteiger partial charge in [0, 0.05) is 12.5 Å². The molecule has 1 aromatic carbocycles. The molecule has 0 spiro atoms. The normalized spacial score (nSPS) is 11.7. The fraction of sp³-hybridized carbons (Fsp3) is 0.500. The molecule has 0 aliphatic heterocycles. The lowest BCUT2D eigenvalue weighted by Gasteiger charge is -2.25. The molecule has 2 heteroatoms. The molecule has 0 atom stereocenters. The molecule has 14 heavy (non-hydrogen) atoms. The summed E-state index contributed by atoms with van der Waals surface area (Å²) in [5.41, 5.74) is 2.10.